The molecule has 0 radical (unpaired) electrons. The molecule has 8 nitrogen and oxygen atoms in total. The molecule has 0 bridgehead atoms. The summed E-state index contributed by atoms with van der Waals surface area (Å²) in [4.78, 5) is 18.4. The number of benzene rings is 1. The zero-order chi connectivity index (χ0) is 21.3. The standard InChI is InChI=1S/C20H22N4O4S2/c1-13-18(11-17(29-13)19-21-14(2)28-23-19)30(26,27)24-10-6-7-15(12-24)20(25)22-16-8-4-3-5-9-16/h3-5,8-9,11,15H,6-7,10,12H2,1-2H3,(H,22,25). The molecular formula is C20H22N4O4S2. The molecule has 1 aliphatic heterocycles. The van der Waals surface area contributed by atoms with E-state index in [1.807, 2.05) is 30.3 Å². The number of anilines is 1. The highest BCUT2D eigenvalue weighted by Crippen LogP contribution is 2.35. The molecule has 1 atom stereocenters. The number of hydrogen-bond acceptors (Lipinski definition) is 7. The lowest BCUT2D eigenvalue weighted by Gasteiger charge is -2.31. The highest BCUT2D eigenvalue weighted by atomic mass is 32.2. The molecule has 1 N–H and O–H groups in total. The fourth-order valence-electron chi connectivity index (χ4n) is 3.51. The Hall–Kier alpha value is -2.56. The largest absolute Gasteiger partial charge is 0.339 e. The Bertz CT molecular complexity index is 1150. The van der Waals surface area contributed by atoms with Gasteiger partial charge in [0.1, 0.15) is 0 Å². The summed E-state index contributed by atoms with van der Waals surface area (Å²) in [5.74, 6) is 0.239. The predicted octanol–water partition coefficient (Wildman–Crippen LogP) is 3.45. The van der Waals surface area contributed by atoms with Gasteiger partial charge in [-0.3, -0.25) is 4.79 Å². The smallest absolute Gasteiger partial charge is 0.244 e. The second-order valence-corrected chi connectivity index (χ2v) is 10.4. The quantitative estimate of drug-likeness (QED) is 0.643. The van der Waals surface area contributed by atoms with Gasteiger partial charge in [-0.25, -0.2) is 8.42 Å². The van der Waals surface area contributed by atoms with Crippen molar-refractivity contribution < 1.29 is 17.7 Å². The van der Waals surface area contributed by atoms with Crippen LogP contribution in [0.2, 0.25) is 0 Å². The third-order valence-electron chi connectivity index (χ3n) is 5.03. The number of rotatable bonds is 5. The SMILES string of the molecule is Cc1nc(-c2cc(S(=O)(=O)N3CCCC(C(=O)Nc4ccccc4)C3)c(C)s2)no1. The summed E-state index contributed by atoms with van der Waals surface area (Å²) in [7, 11) is -3.73. The first-order valence-electron chi connectivity index (χ1n) is 9.62. The minimum absolute atomic E-state index is 0.160. The fourth-order valence-corrected chi connectivity index (χ4v) is 6.52. The van der Waals surface area contributed by atoms with E-state index in [1.54, 1.807) is 19.9 Å². The number of amides is 1. The summed E-state index contributed by atoms with van der Waals surface area (Å²) in [6.45, 7) is 4.00. The number of piperidine rings is 1. The third-order valence-corrected chi connectivity index (χ3v) is 8.20. The normalized spacial score (nSPS) is 17.7. The second-order valence-electron chi connectivity index (χ2n) is 7.23. The van der Waals surface area contributed by atoms with Crippen molar-refractivity contribution in [3.63, 3.8) is 0 Å². The van der Waals surface area contributed by atoms with Crippen LogP contribution in [0.5, 0.6) is 0 Å². The molecule has 158 valence electrons. The lowest BCUT2D eigenvalue weighted by Crippen LogP contribution is -2.43. The lowest BCUT2D eigenvalue weighted by atomic mass is 9.99. The maximum Gasteiger partial charge on any atom is 0.244 e. The van der Waals surface area contributed by atoms with E-state index in [4.69, 9.17) is 4.52 Å². The van der Waals surface area contributed by atoms with Crippen molar-refractivity contribution in [2.24, 2.45) is 5.92 Å². The van der Waals surface area contributed by atoms with Crippen molar-refractivity contribution in [1.82, 2.24) is 14.4 Å². The molecule has 10 heteroatoms. The maximum absolute atomic E-state index is 13.3. The van der Waals surface area contributed by atoms with E-state index < -0.39 is 15.9 Å². The molecule has 3 aromatic rings. The molecule has 30 heavy (non-hydrogen) atoms. The first-order chi connectivity index (χ1) is 14.3. The number of nitrogens with one attached hydrogen (secondary N) is 1. The molecule has 1 aromatic carbocycles. The van der Waals surface area contributed by atoms with Crippen molar-refractivity contribution in [3.05, 3.63) is 47.2 Å². The number of hydrogen-bond donors (Lipinski definition) is 1. The van der Waals surface area contributed by atoms with Gasteiger partial charge in [-0.1, -0.05) is 23.4 Å². The minimum Gasteiger partial charge on any atom is -0.339 e. The number of nitrogens with zero attached hydrogens (tertiary/aromatic N) is 3. The van der Waals surface area contributed by atoms with Crippen LogP contribution in [0.4, 0.5) is 5.69 Å². The van der Waals surface area contributed by atoms with Crippen LogP contribution in [-0.4, -0.2) is 41.9 Å². The minimum atomic E-state index is -3.73. The summed E-state index contributed by atoms with van der Waals surface area (Å²) < 4.78 is 33.1. The third kappa shape index (κ3) is 4.16. The first kappa shape index (κ1) is 20.7. The number of para-hydroxylation sites is 1. The van der Waals surface area contributed by atoms with Crippen molar-refractivity contribution in [1.29, 1.82) is 0 Å². The monoisotopic (exact) mass is 446 g/mol. The number of aryl methyl sites for hydroxylation is 2. The average molecular weight is 447 g/mol. The van der Waals surface area contributed by atoms with E-state index >= 15 is 0 Å². The number of thiophene rings is 1. The lowest BCUT2D eigenvalue weighted by molar-refractivity contribution is -0.120. The van der Waals surface area contributed by atoms with Crippen LogP contribution in [-0.2, 0) is 14.8 Å². The summed E-state index contributed by atoms with van der Waals surface area (Å²) in [5.41, 5.74) is 0.705. The summed E-state index contributed by atoms with van der Waals surface area (Å²) in [5, 5.41) is 6.75. The Morgan fingerprint density at radius 1 is 1.27 bits per heavy atom. The van der Waals surface area contributed by atoms with Gasteiger partial charge in [0.05, 0.1) is 15.7 Å². The van der Waals surface area contributed by atoms with Crippen LogP contribution in [0.25, 0.3) is 10.7 Å². The van der Waals surface area contributed by atoms with Gasteiger partial charge in [-0.15, -0.1) is 11.3 Å². The molecule has 1 amide bonds. The zero-order valence-corrected chi connectivity index (χ0v) is 18.3. The average Bonchev–Trinajstić information content (AvgIpc) is 3.35. The van der Waals surface area contributed by atoms with Crippen molar-refractivity contribution in [3.8, 4) is 10.7 Å². The number of aromatic nitrogens is 2. The molecule has 1 fully saturated rings. The predicted molar refractivity (Wildman–Crippen MR) is 114 cm³/mol. The molecule has 1 unspecified atom stereocenters. The van der Waals surface area contributed by atoms with Crippen molar-refractivity contribution in [2.45, 2.75) is 31.6 Å². The fraction of sp³-hybridized carbons (Fsp3) is 0.350. The second kappa shape index (κ2) is 8.29. The topological polar surface area (TPSA) is 105 Å². The van der Waals surface area contributed by atoms with Crippen LogP contribution < -0.4 is 5.32 Å². The Kier molecular flexibility index (Phi) is 5.72. The molecule has 1 saturated heterocycles. The van der Waals surface area contributed by atoms with Crippen LogP contribution in [0, 0.1) is 19.8 Å². The van der Waals surface area contributed by atoms with Crippen molar-refractivity contribution in [2.75, 3.05) is 18.4 Å². The Morgan fingerprint density at radius 3 is 2.73 bits per heavy atom. The van der Waals surface area contributed by atoms with Gasteiger partial charge in [0.15, 0.2) is 0 Å². The van der Waals surface area contributed by atoms with Crippen LogP contribution >= 0.6 is 11.3 Å². The van der Waals surface area contributed by atoms with Gasteiger partial charge >= 0.3 is 0 Å². The van der Waals surface area contributed by atoms with E-state index in [9.17, 15) is 13.2 Å². The molecule has 0 aliphatic carbocycles. The van der Waals surface area contributed by atoms with Gasteiger partial charge in [-0.2, -0.15) is 9.29 Å². The maximum atomic E-state index is 13.3. The Labute approximate surface area is 179 Å². The number of carbonyl (C=O) groups excluding carboxylic acids is 1. The van der Waals surface area contributed by atoms with Crippen LogP contribution in [0.15, 0.2) is 45.8 Å². The molecule has 4 rings (SSSR count). The number of sulfonamides is 1. The highest BCUT2D eigenvalue weighted by Gasteiger charge is 2.35. The Balaban J connectivity index is 1.53. The van der Waals surface area contributed by atoms with Gasteiger partial charge in [-0.05, 0) is 38.0 Å². The first-order valence-corrected chi connectivity index (χ1v) is 11.9. The van der Waals surface area contributed by atoms with Gasteiger partial charge in [0.25, 0.3) is 0 Å². The summed E-state index contributed by atoms with van der Waals surface area (Å²) in [6, 6.07) is 10.8. The molecule has 3 heterocycles. The van der Waals surface area contributed by atoms with Crippen molar-refractivity contribution >= 4 is 33.0 Å². The van der Waals surface area contributed by atoms with Gasteiger partial charge in [0.2, 0.25) is 27.6 Å². The molecule has 1 aliphatic rings. The van der Waals surface area contributed by atoms with Crippen LogP contribution in [0.3, 0.4) is 0 Å². The zero-order valence-electron chi connectivity index (χ0n) is 16.7. The van der Waals surface area contributed by atoms with E-state index in [0.29, 0.717) is 46.5 Å². The molecule has 0 spiro atoms. The molecule has 2 aromatic heterocycles. The van der Waals surface area contributed by atoms with Gasteiger partial charge in [0, 0.05) is 30.6 Å². The molecular weight excluding hydrogens is 424 g/mol. The van der Waals surface area contributed by atoms with E-state index in [-0.39, 0.29) is 17.3 Å². The van der Waals surface area contributed by atoms with Gasteiger partial charge < -0.3 is 9.84 Å². The highest BCUT2D eigenvalue weighted by molar-refractivity contribution is 7.89. The summed E-state index contributed by atoms with van der Waals surface area (Å²) in [6.07, 6.45) is 1.28. The van der Waals surface area contributed by atoms with E-state index in [0.717, 1.165) is 0 Å². The Morgan fingerprint density at radius 2 is 2.03 bits per heavy atom. The van der Waals surface area contributed by atoms with E-state index in [2.05, 4.69) is 15.5 Å². The van der Waals surface area contributed by atoms with Crippen LogP contribution in [0.1, 0.15) is 23.6 Å². The summed E-state index contributed by atoms with van der Waals surface area (Å²) >= 11 is 1.31. The molecule has 0 saturated carbocycles. The van der Waals surface area contributed by atoms with E-state index in [1.165, 1.54) is 15.6 Å². The number of carbonyl (C=O) groups is 1.